The molecule has 0 radical (unpaired) electrons. The maximum absolute atomic E-state index is 12.3. The monoisotopic (exact) mass is 323 g/mol. The van der Waals surface area contributed by atoms with Crippen molar-refractivity contribution in [3.8, 4) is 0 Å². The molecule has 7 nitrogen and oxygen atoms in total. The van der Waals surface area contributed by atoms with Crippen LogP contribution in [0.1, 0.15) is 17.0 Å². The van der Waals surface area contributed by atoms with E-state index < -0.39 is 10.0 Å². The molecule has 0 spiro atoms. The molecule has 1 aromatic carbocycles. The van der Waals surface area contributed by atoms with Gasteiger partial charge in [0.2, 0.25) is 5.91 Å². The highest BCUT2D eigenvalue weighted by atomic mass is 32.2. The molecule has 1 amide bonds. The number of amides is 1. The smallest absolute Gasteiger partial charge is 0.267 e. The van der Waals surface area contributed by atoms with Crippen LogP contribution in [0.3, 0.4) is 0 Å². The Morgan fingerprint density at radius 3 is 2.36 bits per heavy atom. The fraction of sp³-hybridized carbons (Fsp3) is 0.286. The number of hydrogen-bond donors (Lipinski definition) is 2. The number of aryl methyl sites for hydroxylation is 2. The zero-order valence-electron chi connectivity index (χ0n) is 12.5. The number of rotatable bonds is 5. The Balaban J connectivity index is 2.19. The van der Waals surface area contributed by atoms with E-state index in [1.165, 1.54) is 0 Å². The zero-order valence-corrected chi connectivity index (χ0v) is 13.3. The first-order valence-electron chi connectivity index (χ1n) is 6.58. The SMILES string of the molecule is CNC(=O)Cc1ccc(NS(=O)(=O)c2c(C)noc2C)cc1. The van der Waals surface area contributed by atoms with Gasteiger partial charge in [-0.05, 0) is 31.5 Å². The average molecular weight is 323 g/mol. The summed E-state index contributed by atoms with van der Waals surface area (Å²) < 4.78 is 32.0. The minimum atomic E-state index is -3.76. The van der Waals surface area contributed by atoms with Gasteiger partial charge in [-0.15, -0.1) is 0 Å². The predicted molar refractivity (Wildman–Crippen MR) is 81.0 cm³/mol. The Labute approximate surface area is 128 Å². The van der Waals surface area contributed by atoms with Crippen molar-refractivity contribution in [1.29, 1.82) is 0 Å². The van der Waals surface area contributed by atoms with E-state index in [-0.39, 0.29) is 23.0 Å². The maximum Gasteiger partial charge on any atom is 0.267 e. The highest BCUT2D eigenvalue weighted by molar-refractivity contribution is 7.92. The van der Waals surface area contributed by atoms with Crippen molar-refractivity contribution >= 4 is 21.6 Å². The maximum atomic E-state index is 12.3. The summed E-state index contributed by atoms with van der Waals surface area (Å²) >= 11 is 0. The number of hydrogen-bond acceptors (Lipinski definition) is 5. The van der Waals surface area contributed by atoms with E-state index >= 15 is 0 Å². The van der Waals surface area contributed by atoms with Gasteiger partial charge in [0.1, 0.15) is 5.69 Å². The Hall–Kier alpha value is -2.35. The summed E-state index contributed by atoms with van der Waals surface area (Å²) in [6, 6.07) is 6.60. The number of nitrogens with zero attached hydrogens (tertiary/aromatic N) is 1. The number of aromatic nitrogens is 1. The molecule has 2 rings (SSSR count). The van der Waals surface area contributed by atoms with Gasteiger partial charge in [-0.1, -0.05) is 17.3 Å². The molecule has 0 bridgehead atoms. The Kier molecular flexibility index (Phi) is 4.51. The van der Waals surface area contributed by atoms with E-state index in [1.54, 1.807) is 45.2 Å². The van der Waals surface area contributed by atoms with Crippen LogP contribution in [0, 0.1) is 13.8 Å². The van der Waals surface area contributed by atoms with E-state index in [1.807, 2.05) is 0 Å². The lowest BCUT2D eigenvalue weighted by Gasteiger charge is -2.08. The number of carbonyl (C=O) groups is 1. The van der Waals surface area contributed by atoms with Gasteiger partial charge in [0, 0.05) is 12.7 Å². The van der Waals surface area contributed by atoms with Crippen molar-refractivity contribution in [1.82, 2.24) is 10.5 Å². The molecule has 118 valence electrons. The van der Waals surface area contributed by atoms with Gasteiger partial charge in [-0.3, -0.25) is 9.52 Å². The summed E-state index contributed by atoms with van der Waals surface area (Å²) in [6.07, 6.45) is 0.243. The lowest BCUT2D eigenvalue weighted by Crippen LogP contribution is -2.20. The molecule has 22 heavy (non-hydrogen) atoms. The summed E-state index contributed by atoms with van der Waals surface area (Å²) in [5.41, 5.74) is 1.50. The van der Waals surface area contributed by atoms with Crippen molar-refractivity contribution in [2.45, 2.75) is 25.2 Å². The second-order valence-corrected chi connectivity index (χ2v) is 6.42. The third-order valence-corrected chi connectivity index (χ3v) is 4.71. The van der Waals surface area contributed by atoms with Crippen LogP contribution in [-0.2, 0) is 21.2 Å². The summed E-state index contributed by atoms with van der Waals surface area (Å²) in [5, 5.41) is 6.17. The van der Waals surface area contributed by atoms with Crippen molar-refractivity contribution in [2.24, 2.45) is 0 Å². The molecular formula is C14H17N3O4S. The lowest BCUT2D eigenvalue weighted by atomic mass is 10.1. The summed E-state index contributed by atoms with van der Waals surface area (Å²) in [5.74, 6) is 0.130. The van der Waals surface area contributed by atoms with Gasteiger partial charge in [-0.25, -0.2) is 8.42 Å². The first kappa shape index (κ1) is 16.0. The number of nitrogens with one attached hydrogen (secondary N) is 2. The Morgan fingerprint density at radius 2 is 1.86 bits per heavy atom. The van der Waals surface area contributed by atoms with E-state index in [0.717, 1.165) is 5.56 Å². The van der Waals surface area contributed by atoms with Crippen LogP contribution in [0.2, 0.25) is 0 Å². The van der Waals surface area contributed by atoms with Crippen LogP contribution in [0.4, 0.5) is 5.69 Å². The number of carbonyl (C=O) groups excluding carboxylic acids is 1. The van der Waals surface area contributed by atoms with E-state index in [2.05, 4.69) is 15.2 Å². The van der Waals surface area contributed by atoms with Gasteiger partial charge in [0.15, 0.2) is 10.7 Å². The number of anilines is 1. The molecule has 0 unspecified atom stereocenters. The normalized spacial score (nSPS) is 11.2. The third kappa shape index (κ3) is 3.45. The van der Waals surface area contributed by atoms with Crippen LogP contribution < -0.4 is 10.0 Å². The van der Waals surface area contributed by atoms with Crippen molar-refractivity contribution in [2.75, 3.05) is 11.8 Å². The van der Waals surface area contributed by atoms with Gasteiger partial charge < -0.3 is 9.84 Å². The molecule has 0 atom stereocenters. The van der Waals surface area contributed by atoms with Gasteiger partial charge in [-0.2, -0.15) is 0 Å². The molecular weight excluding hydrogens is 306 g/mol. The van der Waals surface area contributed by atoms with Gasteiger partial charge >= 0.3 is 0 Å². The molecule has 1 aromatic heterocycles. The van der Waals surface area contributed by atoms with E-state index in [4.69, 9.17) is 4.52 Å². The molecule has 8 heteroatoms. The first-order chi connectivity index (χ1) is 10.3. The topological polar surface area (TPSA) is 101 Å². The number of likely N-dealkylation sites (N-methyl/N-ethyl adjacent to an activating group) is 1. The molecule has 0 fully saturated rings. The molecule has 0 aliphatic carbocycles. The van der Waals surface area contributed by atoms with Gasteiger partial charge in [0.25, 0.3) is 10.0 Å². The van der Waals surface area contributed by atoms with Crippen molar-refractivity contribution in [3.63, 3.8) is 0 Å². The Bertz CT molecular complexity index is 759. The molecule has 0 aliphatic heterocycles. The van der Waals surface area contributed by atoms with Crippen molar-refractivity contribution in [3.05, 3.63) is 41.3 Å². The Morgan fingerprint density at radius 1 is 1.23 bits per heavy atom. The standard InChI is InChI=1S/C14H17N3O4S/c1-9-14(10(2)21-16-9)22(19,20)17-12-6-4-11(5-7-12)8-13(18)15-3/h4-7,17H,8H2,1-3H3,(H,15,18). The second-order valence-electron chi connectivity index (χ2n) is 4.81. The van der Waals surface area contributed by atoms with Gasteiger partial charge in [0.05, 0.1) is 6.42 Å². The number of benzene rings is 1. The summed E-state index contributed by atoms with van der Waals surface area (Å²) in [7, 11) is -2.19. The summed E-state index contributed by atoms with van der Waals surface area (Å²) in [4.78, 5) is 11.3. The van der Waals surface area contributed by atoms with Crippen LogP contribution in [-0.4, -0.2) is 26.5 Å². The van der Waals surface area contributed by atoms with E-state index in [0.29, 0.717) is 11.4 Å². The molecule has 2 aromatic rings. The molecule has 2 N–H and O–H groups in total. The quantitative estimate of drug-likeness (QED) is 0.865. The van der Waals surface area contributed by atoms with Crippen molar-refractivity contribution < 1.29 is 17.7 Å². The van der Waals surface area contributed by atoms with Crippen LogP contribution in [0.15, 0.2) is 33.7 Å². The largest absolute Gasteiger partial charge is 0.360 e. The first-order valence-corrected chi connectivity index (χ1v) is 8.07. The molecule has 0 aliphatic rings. The fourth-order valence-electron chi connectivity index (χ4n) is 2.03. The number of sulfonamides is 1. The van der Waals surface area contributed by atoms with Crippen LogP contribution in [0.25, 0.3) is 0 Å². The molecule has 0 saturated carbocycles. The lowest BCUT2D eigenvalue weighted by molar-refractivity contribution is -0.119. The highest BCUT2D eigenvalue weighted by Crippen LogP contribution is 2.22. The van der Waals surface area contributed by atoms with E-state index in [9.17, 15) is 13.2 Å². The minimum Gasteiger partial charge on any atom is -0.360 e. The summed E-state index contributed by atoms with van der Waals surface area (Å²) in [6.45, 7) is 3.11. The molecule has 0 saturated heterocycles. The van der Waals surface area contributed by atoms with Crippen LogP contribution in [0.5, 0.6) is 0 Å². The second kappa shape index (κ2) is 6.18. The predicted octanol–water partition coefficient (Wildman–Crippen LogP) is 1.38. The molecule has 1 heterocycles. The highest BCUT2D eigenvalue weighted by Gasteiger charge is 2.24. The zero-order chi connectivity index (χ0) is 16.3. The third-order valence-electron chi connectivity index (χ3n) is 3.09. The van der Waals surface area contributed by atoms with Crippen LogP contribution >= 0.6 is 0 Å². The fourth-order valence-corrected chi connectivity index (χ4v) is 3.42. The average Bonchev–Trinajstić information content (AvgIpc) is 2.80. The minimum absolute atomic E-state index is 0.0435.